The van der Waals surface area contributed by atoms with Gasteiger partial charge in [0.05, 0.1) is 22.9 Å². The number of aryl methyl sites for hydroxylation is 1. The van der Waals surface area contributed by atoms with Gasteiger partial charge >= 0.3 is 0 Å². The van der Waals surface area contributed by atoms with Crippen molar-refractivity contribution in [2.75, 3.05) is 63.8 Å². The highest BCUT2D eigenvalue weighted by Gasteiger charge is 2.51. The zero-order valence-electron chi connectivity index (χ0n) is 32.8. The first-order valence-corrected chi connectivity index (χ1v) is 21.5. The number of aromatic nitrogens is 3. The number of piperidine rings is 2. The van der Waals surface area contributed by atoms with Crippen molar-refractivity contribution in [1.82, 2.24) is 35.0 Å². The molecule has 6 heterocycles. The summed E-state index contributed by atoms with van der Waals surface area (Å²) in [5, 5.41) is 3.26. The van der Waals surface area contributed by atoms with Crippen LogP contribution in [-0.4, -0.2) is 106 Å². The van der Waals surface area contributed by atoms with E-state index in [9.17, 15) is 14.4 Å². The third kappa shape index (κ3) is 8.20. The molecule has 0 radical (unpaired) electrons. The SMILES string of the molecule is CCc1cc2ncc(CN3CCN(c4ccc(C(=O)NC5CCN(CC6CCN(C(=O)CC78CC9CC(CC(C9)C7)C8)CC6)CC5)nc4)CC3)cc2[nH]c1=O. The van der Waals surface area contributed by atoms with E-state index in [0.29, 0.717) is 29.4 Å². The van der Waals surface area contributed by atoms with Crippen LogP contribution in [0.15, 0.2) is 41.5 Å². The smallest absolute Gasteiger partial charge is 0.270 e. The Morgan fingerprint density at radius 1 is 0.836 bits per heavy atom. The molecule has 4 saturated carbocycles. The van der Waals surface area contributed by atoms with Gasteiger partial charge in [-0.25, -0.2) is 4.98 Å². The Bertz CT molecular complexity index is 1870. The van der Waals surface area contributed by atoms with Gasteiger partial charge in [0.2, 0.25) is 5.91 Å². The van der Waals surface area contributed by atoms with Gasteiger partial charge in [0.1, 0.15) is 5.69 Å². The van der Waals surface area contributed by atoms with E-state index in [-0.39, 0.29) is 17.5 Å². The molecule has 55 heavy (non-hydrogen) atoms. The van der Waals surface area contributed by atoms with Crippen LogP contribution in [0.1, 0.15) is 99.2 Å². The average Bonchev–Trinajstić information content (AvgIpc) is 3.18. The zero-order chi connectivity index (χ0) is 37.5. The summed E-state index contributed by atoms with van der Waals surface area (Å²) in [5.41, 5.74) is 5.29. The van der Waals surface area contributed by atoms with Crippen LogP contribution in [0, 0.1) is 29.1 Å². The van der Waals surface area contributed by atoms with Crippen LogP contribution < -0.4 is 15.8 Å². The lowest BCUT2D eigenvalue weighted by Gasteiger charge is -2.57. The standard InChI is InChI=1S/C44H60N8O3/c1-2-35-21-39-40(48-42(35)54)20-34(26-45-39)29-50-13-15-51(16-14-50)37-3-4-38(46-27-37)43(55)47-36-7-9-49(10-8-36)28-30-5-11-52(12-6-30)41(53)25-44-22-31-17-32(23-44)19-33(18-31)24-44/h3-4,20-21,26-27,30-33,36H,2,5-19,22-25,28-29H2,1H3,(H,47,55)(H,48,54). The molecule has 7 fully saturated rings. The van der Waals surface area contributed by atoms with E-state index in [0.717, 1.165) is 143 Å². The normalized spacial score (nSPS) is 27.9. The molecule has 0 spiro atoms. The molecular formula is C44H60N8O3. The Hall–Kier alpha value is -3.83. The Kier molecular flexibility index (Phi) is 10.4. The van der Waals surface area contributed by atoms with E-state index in [1.165, 1.54) is 38.5 Å². The summed E-state index contributed by atoms with van der Waals surface area (Å²) in [7, 11) is 0. The van der Waals surface area contributed by atoms with E-state index < -0.39 is 0 Å². The topological polar surface area (TPSA) is 118 Å². The quantitative estimate of drug-likeness (QED) is 0.289. The summed E-state index contributed by atoms with van der Waals surface area (Å²) in [4.78, 5) is 60.6. The van der Waals surface area contributed by atoms with E-state index >= 15 is 0 Å². The van der Waals surface area contributed by atoms with Crippen molar-refractivity contribution in [2.24, 2.45) is 29.1 Å². The molecule has 4 bridgehead atoms. The Labute approximate surface area is 325 Å². The minimum absolute atomic E-state index is 0.0329. The number of hydrogen-bond acceptors (Lipinski definition) is 8. The number of rotatable bonds is 10. The summed E-state index contributed by atoms with van der Waals surface area (Å²) in [6.45, 7) is 11.3. The fourth-order valence-electron chi connectivity index (χ4n) is 11.8. The first-order chi connectivity index (χ1) is 26.8. The summed E-state index contributed by atoms with van der Waals surface area (Å²) in [5.74, 6) is 3.73. The molecular weight excluding hydrogens is 689 g/mol. The van der Waals surface area contributed by atoms with Gasteiger partial charge in [0.25, 0.3) is 11.5 Å². The molecule has 7 aliphatic rings. The monoisotopic (exact) mass is 748 g/mol. The third-order valence-electron chi connectivity index (χ3n) is 14.4. The molecule has 2 N–H and O–H groups in total. The second-order valence-corrected chi connectivity index (χ2v) is 18.4. The minimum Gasteiger partial charge on any atom is -0.368 e. The number of piperazine rings is 1. The van der Waals surface area contributed by atoms with E-state index in [2.05, 4.69) is 39.9 Å². The molecule has 294 valence electrons. The largest absolute Gasteiger partial charge is 0.368 e. The fourth-order valence-corrected chi connectivity index (χ4v) is 11.8. The maximum atomic E-state index is 13.5. The maximum Gasteiger partial charge on any atom is 0.270 e. The van der Waals surface area contributed by atoms with Gasteiger partial charge in [-0.2, -0.15) is 0 Å². The lowest BCUT2D eigenvalue weighted by atomic mass is 9.49. The number of nitrogens with one attached hydrogen (secondary N) is 2. The number of H-pyrrole nitrogens is 1. The van der Waals surface area contributed by atoms with Crippen molar-refractivity contribution < 1.29 is 9.59 Å². The fraction of sp³-hybridized carbons (Fsp3) is 0.659. The van der Waals surface area contributed by atoms with Crippen LogP contribution in [0.25, 0.3) is 11.0 Å². The van der Waals surface area contributed by atoms with Gasteiger partial charge in [-0.3, -0.25) is 24.3 Å². The lowest BCUT2D eigenvalue weighted by molar-refractivity contribution is -0.141. The first kappa shape index (κ1) is 36.8. The van der Waals surface area contributed by atoms with Crippen molar-refractivity contribution in [3.63, 3.8) is 0 Å². The van der Waals surface area contributed by atoms with Crippen molar-refractivity contribution in [3.05, 3.63) is 63.8 Å². The summed E-state index contributed by atoms with van der Waals surface area (Å²) in [6, 6.07) is 7.99. The number of nitrogens with zero attached hydrogens (tertiary/aromatic N) is 6. The van der Waals surface area contributed by atoms with Crippen molar-refractivity contribution >= 4 is 28.5 Å². The van der Waals surface area contributed by atoms with E-state index in [4.69, 9.17) is 0 Å². The van der Waals surface area contributed by atoms with E-state index in [1.54, 1.807) is 0 Å². The Morgan fingerprint density at radius 2 is 1.55 bits per heavy atom. The van der Waals surface area contributed by atoms with Crippen LogP contribution in [0.4, 0.5) is 5.69 Å². The number of carbonyl (C=O) groups is 2. The summed E-state index contributed by atoms with van der Waals surface area (Å²) >= 11 is 0. The highest BCUT2D eigenvalue weighted by molar-refractivity contribution is 5.92. The van der Waals surface area contributed by atoms with Crippen LogP contribution in [-0.2, 0) is 17.8 Å². The predicted molar refractivity (Wildman–Crippen MR) is 215 cm³/mol. The number of amides is 2. The molecule has 11 nitrogen and oxygen atoms in total. The second kappa shape index (κ2) is 15.6. The molecule has 3 saturated heterocycles. The maximum absolute atomic E-state index is 13.5. The lowest BCUT2D eigenvalue weighted by Crippen LogP contribution is -2.50. The van der Waals surface area contributed by atoms with E-state index in [1.807, 2.05) is 43.6 Å². The second-order valence-electron chi connectivity index (χ2n) is 18.4. The number of carbonyl (C=O) groups excluding carboxylic acids is 2. The molecule has 0 atom stereocenters. The Morgan fingerprint density at radius 3 is 2.20 bits per heavy atom. The number of pyridine rings is 3. The molecule has 11 heteroatoms. The van der Waals surface area contributed by atoms with Crippen molar-refractivity contribution in [2.45, 2.75) is 96.6 Å². The molecule has 10 rings (SSSR count). The summed E-state index contributed by atoms with van der Waals surface area (Å²) < 4.78 is 0. The highest BCUT2D eigenvalue weighted by Crippen LogP contribution is 2.61. The molecule has 3 aromatic rings. The molecule has 3 aromatic heterocycles. The molecule has 0 unspecified atom stereocenters. The van der Waals surface area contributed by atoms with Crippen molar-refractivity contribution in [3.8, 4) is 0 Å². The van der Waals surface area contributed by atoms with Gasteiger partial charge in [-0.1, -0.05) is 6.92 Å². The molecule has 4 aliphatic carbocycles. The van der Waals surface area contributed by atoms with Crippen LogP contribution >= 0.6 is 0 Å². The van der Waals surface area contributed by atoms with Crippen LogP contribution in [0.3, 0.4) is 0 Å². The molecule has 3 aliphatic heterocycles. The number of likely N-dealkylation sites (tertiary alicyclic amines) is 2. The minimum atomic E-state index is -0.0864. The van der Waals surface area contributed by atoms with Gasteiger partial charge in [-0.15, -0.1) is 0 Å². The predicted octanol–water partition coefficient (Wildman–Crippen LogP) is 5.24. The van der Waals surface area contributed by atoms with Gasteiger partial charge in [0, 0.05) is 89.7 Å². The number of aromatic amines is 1. The number of fused-ring (bicyclic) bond motifs is 1. The highest BCUT2D eigenvalue weighted by atomic mass is 16.2. The van der Waals surface area contributed by atoms with Crippen LogP contribution in [0.2, 0.25) is 0 Å². The first-order valence-electron chi connectivity index (χ1n) is 21.5. The summed E-state index contributed by atoms with van der Waals surface area (Å²) in [6.07, 6.45) is 17.7. The molecule has 0 aromatic carbocycles. The zero-order valence-corrected chi connectivity index (χ0v) is 32.8. The average molecular weight is 749 g/mol. The van der Waals surface area contributed by atoms with Gasteiger partial charge < -0.3 is 25.0 Å². The van der Waals surface area contributed by atoms with Gasteiger partial charge in [-0.05, 0) is 130 Å². The van der Waals surface area contributed by atoms with Gasteiger partial charge in [0.15, 0.2) is 0 Å². The molecule has 2 amide bonds. The number of hydrogen-bond donors (Lipinski definition) is 2. The third-order valence-corrected chi connectivity index (χ3v) is 14.4. The Balaban J connectivity index is 0.676. The number of anilines is 1. The van der Waals surface area contributed by atoms with Crippen LogP contribution in [0.5, 0.6) is 0 Å². The van der Waals surface area contributed by atoms with Crippen molar-refractivity contribution in [1.29, 1.82) is 0 Å².